The van der Waals surface area contributed by atoms with Crippen molar-refractivity contribution in [3.05, 3.63) is 63.7 Å². The van der Waals surface area contributed by atoms with Gasteiger partial charge in [-0.3, -0.25) is 14.9 Å². The second-order valence-electron chi connectivity index (χ2n) is 5.10. The van der Waals surface area contributed by atoms with Gasteiger partial charge in [-0.1, -0.05) is 12.1 Å². The van der Waals surface area contributed by atoms with Gasteiger partial charge in [0.2, 0.25) is 0 Å². The number of esters is 1. The van der Waals surface area contributed by atoms with Crippen molar-refractivity contribution >= 4 is 23.3 Å². The summed E-state index contributed by atoms with van der Waals surface area (Å²) in [6.45, 7) is -3.94. The first-order chi connectivity index (χ1) is 13.3. The summed E-state index contributed by atoms with van der Waals surface area (Å²) in [4.78, 5) is 33.9. The Hall–Kier alpha value is -4.07. The van der Waals surface area contributed by atoms with Crippen LogP contribution in [0.3, 0.4) is 0 Å². The minimum absolute atomic E-state index is 0.0180. The van der Waals surface area contributed by atoms with Crippen LogP contribution >= 0.6 is 0 Å². The number of nitrogens with one attached hydrogen (secondary N) is 1. The van der Waals surface area contributed by atoms with Crippen molar-refractivity contribution < 1.29 is 32.8 Å². The molecule has 0 heterocycles. The maximum Gasteiger partial charge on any atom is 0.387 e. The quantitative estimate of drug-likeness (QED) is 0.436. The number of nitro groups is 1. The van der Waals surface area contributed by atoms with Crippen LogP contribution in [0.5, 0.6) is 5.75 Å². The molecule has 0 saturated heterocycles. The fourth-order valence-electron chi connectivity index (χ4n) is 2.08. The molecule has 11 heteroatoms. The number of alkyl halides is 2. The molecule has 0 aliphatic carbocycles. The number of amides is 1. The molecule has 0 spiro atoms. The maximum atomic E-state index is 12.4. The number of rotatable bonds is 7. The van der Waals surface area contributed by atoms with E-state index in [1.54, 1.807) is 6.07 Å². The molecule has 1 amide bonds. The fraction of sp³-hybridized carbons (Fsp3) is 0.118. The number of halogens is 2. The molecule has 1 N–H and O–H groups in total. The minimum atomic E-state index is -3.15. The molecule has 0 atom stereocenters. The number of non-ortho nitro benzene ring substituents is 1. The monoisotopic (exact) mass is 391 g/mol. The highest BCUT2D eigenvalue weighted by Crippen LogP contribution is 2.22. The highest BCUT2D eigenvalue weighted by atomic mass is 19.3. The topological polar surface area (TPSA) is 132 Å². The van der Waals surface area contributed by atoms with Crippen molar-refractivity contribution in [1.29, 1.82) is 5.26 Å². The number of nitro benzene ring substituents is 1. The second kappa shape index (κ2) is 9.04. The summed E-state index contributed by atoms with van der Waals surface area (Å²) in [5.41, 5.74) is -0.819. The van der Waals surface area contributed by atoms with E-state index in [2.05, 4.69) is 10.1 Å². The summed E-state index contributed by atoms with van der Waals surface area (Å²) in [7, 11) is 0. The van der Waals surface area contributed by atoms with Gasteiger partial charge in [0, 0.05) is 12.1 Å². The van der Waals surface area contributed by atoms with Crippen LogP contribution in [0.4, 0.5) is 20.2 Å². The predicted molar refractivity (Wildman–Crippen MR) is 89.8 cm³/mol. The molecule has 0 unspecified atom stereocenters. The Labute approximate surface area is 156 Å². The smallest absolute Gasteiger partial charge is 0.387 e. The Morgan fingerprint density at radius 1 is 1.25 bits per heavy atom. The summed E-state index contributed by atoms with van der Waals surface area (Å²) >= 11 is 0. The molecule has 9 nitrogen and oxygen atoms in total. The van der Waals surface area contributed by atoms with Crippen LogP contribution in [0.2, 0.25) is 0 Å². The summed E-state index contributed by atoms with van der Waals surface area (Å²) in [6.07, 6.45) is 0. The van der Waals surface area contributed by atoms with Crippen molar-refractivity contribution in [2.45, 2.75) is 6.61 Å². The zero-order valence-electron chi connectivity index (χ0n) is 13.9. The molecule has 0 aliphatic heterocycles. The number of benzene rings is 2. The number of para-hydroxylation sites is 1. The van der Waals surface area contributed by atoms with Crippen LogP contribution in [0, 0.1) is 21.4 Å². The molecule has 0 bridgehead atoms. The van der Waals surface area contributed by atoms with E-state index in [-0.39, 0.29) is 22.5 Å². The lowest BCUT2D eigenvalue weighted by Gasteiger charge is -2.11. The van der Waals surface area contributed by atoms with Gasteiger partial charge >= 0.3 is 12.6 Å². The molecular formula is C17H11F2N3O6. The van der Waals surface area contributed by atoms with E-state index in [0.29, 0.717) is 0 Å². The number of carbonyl (C=O) groups is 2. The Morgan fingerprint density at radius 3 is 2.61 bits per heavy atom. The van der Waals surface area contributed by atoms with Crippen molar-refractivity contribution in [2.24, 2.45) is 0 Å². The molecule has 2 aromatic carbocycles. The van der Waals surface area contributed by atoms with Gasteiger partial charge in [0.25, 0.3) is 11.6 Å². The summed E-state index contributed by atoms with van der Waals surface area (Å²) in [5, 5.41) is 22.0. The van der Waals surface area contributed by atoms with E-state index >= 15 is 0 Å². The van der Waals surface area contributed by atoms with Gasteiger partial charge in [-0.25, -0.2) is 4.79 Å². The van der Waals surface area contributed by atoms with Gasteiger partial charge in [-0.15, -0.1) is 0 Å². The van der Waals surface area contributed by atoms with Crippen LogP contribution in [-0.2, 0) is 9.53 Å². The zero-order valence-corrected chi connectivity index (χ0v) is 13.9. The van der Waals surface area contributed by atoms with Gasteiger partial charge in [-0.2, -0.15) is 14.0 Å². The third-order valence-corrected chi connectivity index (χ3v) is 3.27. The number of anilines is 1. The molecule has 144 valence electrons. The molecule has 0 fully saturated rings. The molecule has 28 heavy (non-hydrogen) atoms. The highest BCUT2D eigenvalue weighted by molar-refractivity contribution is 5.97. The Bertz CT molecular complexity index is 958. The van der Waals surface area contributed by atoms with Crippen molar-refractivity contribution in [3.8, 4) is 11.8 Å². The zero-order chi connectivity index (χ0) is 20.7. The molecule has 0 radical (unpaired) electrons. The molecule has 2 rings (SSSR count). The van der Waals surface area contributed by atoms with Crippen LogP contribution < -0.4 is 10.1 Å². The van der Waals surface area contributed by atoms with Gasteiger partial charge in [0.1, 0.15) is 17.4 Å². The average Bonchev–Trinajstić information content (AvgIpc) is 2.66. The lowest BCUT2D eigenvalue weighted by Crippen LogP contribution is -2.22. The standard InChI is InChI=1S/C17H11F2N3O6/c18-17(19)28-14-4-2-1-3-12(14)16(24)27-9-15(23)21-13-6-5-11(22(25)26)7-10(13)8-20/h1-7,17H,9H2,(H,21,23). The number of hydrogen-bond donors (Lipinski definition) is 1. The normalized spacial score (nSPS) is 10.1. The first kappa shape index (κ1) is 20.2. The number of nitrogens with zero attached hydrogens (tertiary/aromatic N) is 2. The summed E-state index contributed by atoms with van der Waals surface area (Å²) in [5.74, 6) is -2.33. The Morgan fingerprint density at radius 2 is 1.96 bits per heavy atom. The number of ether oxygens (including phenoxy) is 2. The molecule has 2 aromatic rings. The van der Waals surface area contributed by atoms with Crippen LogP contribution in [0.15, 0.2) is 42.5 Å². The fourth-order valence-corrected chi connectivity index (χ4v) is 2.08. The van der Waals surface area contributed by atoms with E-state index in [1.807, 2.05) is 0 Å². The summed E-state index contributed by atoms with van der Waals surface area (Å²) in [6, 6.07) is 10.00. The summed E-state index contributed by atoms with van der Waals surface area (Å²) < 4.78 is 33.7. The Balaban J connectivity index is 2.03. The van der Waals surface area contributed by atoms with E-state index < -0.39 is 35.8 Å². The lowest BCUT2D eigenvalue weighted by atomic mass is 10.1. The first-order valence-electron chi connectivity index (χ1n) is 7.51. The van der Waals surface area contributed by atoms with E-state index in [1.165, 1.54) is 18.2 Å². The maximum absolute atomic E-state index is 12.4. The third kappa shape index (κ3) is 5.21. The van der Waals surface area contributed by atoms with Gasteiger partial charge in [0.05, 0.1) is 16.2 Å². The lowest BCUT2D eigenvalue weighted by molar-refractivity contribution is -0.384. The first-order valence-corrected chi connectivity index (χ1v) is 7.51. The molecule has 0 aromatic heterocycles. The van der Waals surface area contributed by atoms with Crippen molar-refractivity contribution in [3.63, 3.8) is 0 Å². The largest absolute Gasteiger partial charge is 0.452 e. The number of hydrogen-bond acceptors (Lipinski definition) is 7. The SMILES string of the molecule is N#Cc1cc([N+](=O)[O-])ccc1NC(=O)COC(=O)c1ccccc1OC(F)F. The van der Waals surface area contributed by atoms with Crippen LogP contribution in [0.25, 0.3) is 0 Å². The van der Waals surface area contributed by atoms with Crippen molar-refractivity contribution in [2.75, 3.05) is 11.9 Å². The molecular weight excluding hydrogens is 380 g/mol. The van der Waals surface area contributed by atoms with Gasteiger partial charge in [-0.05, 0) is 18.2 Å². The predicted octanol–water partition coefficient (Wildman–Crippen LogP) is 2.86. The second-order valence-corrected chi connectivity index (χ2v) is 5.10. The van der Waals surface area contributed by atoms with E-state index in [4.69, 9.17) is 10.00 Å². The van der Waals surface area contributed by atoms with Gasteiger partial charge in [0.15, 0.2) is 6.61 Å². The van der Waals surface area contributed by atoms with Gasteiger partial charge < -0.3 is 14.8 Å². The molecule has 0 saturated carbocycles. The average molecular weight is 391 g/mol. The third-order valence-electron chi connectivity index (χ3n) is 3.27. The minimum Gasteiger partial charge on any atom is -0.452 e. The Kier molecular flexibility index (Phi) is 6.53. The van der Waals surface area contributed by atoms with E-state index in [0.717, 1.165) is 24.3 Å². The number of carbonyl (C=O) groups excluding carboxylic acids is 2. The van der Waals surface area contributed by atoms with Crippen LogP contribution in [0.1, 0.15) is 15.9 Å². The molecule has 0 aliphatic rings. The van der Waals surface area contributed by atoms with Crippen molar-refractivity contribution in [1.82, 2.24) is 0 Å². The van der Waals surface area contributed by atoms with E-state index in [9.17, 15) is 28.5 Å². The highest BCUT2D eigenvalue weighted by Gasteiger charge is 2.18. The van der Waals surface area contributed by atoms with Crippen LogP contribution in [-0.4, -0.2) is 30.0 Å². The number of nitriles is 1.